The fourth-order valence-electron chi connectivity index (χ4n) is 4.70. The molecule has 1 atom stereocenters. The molecule has 4 rings (SSSR count). The zero-order valence-corrected chi connectivity index (χ0v) is 17.7. The first-order valence-corrected chi connectivity index (χ1v) is 10.9. The lowest BCUT2D eigenvalue weighted by molar-refractivity contribution is 0.0939. The van der Waals surface area contributed by atoms with Gasteiger partial charge in [-0.25, -0.2) is 0 Å². The number of aryl methyl sites for hydroxylation is 1. The number of piperidine rings is 1. The molecule has 2 aromatic rings. The zero-order chi connectivity index (χ0) is 20.2. The second-order valence-corrected chi connectivity index (χ2v) is 8.45. The standard InChI is InChI=1S/C22H33N5O2/c1-25(16-18-7-6-14-29-18)17-8-9-20-19(15-17)21(24-26(20)2)22(28)23-10-13-27-11-4-3-5-12-27/h6-7,14,17H,3-5,8-13,15-16H2,1-2H3,(H,23,28). The van der Waals surface area contributed by atoms with E-state index < -0.39 is 0 Å². The van der Waals surface area contributed by atoms with Gasteiger partial charge >= 0.3 is 0 Å². The number of fused-ring (bicyclic) bond motifs is 1. The van der Waals surface area contributed by atoms with Gasteiger partial charge in [-0.2, -0.15) is 5.10 Å². The summed E-state index contributed by atoms with van der Waals surface area (Å²) in [5.41, 5.74) is 2.93. The first-order valence-electron chi connectivity index (χ1n) is 10.9. The van der Waals surface area contributed by atoms with Crippen molar-refractivity contribution in [2.45, 2.75) is 51.1 Å². The van der Waals surface area contributed by atoms with E-state index in [9.17, 15) is 4.79 Å². The molecule has 0 saturated carbocycles. The van der Waals surface area contributed by atoms with Gasteiger partial charge in [-0.15, -0.1) is 0 Å². The second-order valence-electron chi connectivity index (χ2n) is 8.45. The van der Waals surface area contributed by atoms with Crippen LogP contribution in [0, 0.1) is 0 Å². The third-order valence-electron chi connectivity index (χ3n) is 6.41. The molecule has 0 radical (unpaired) electrons. The molecule has 1 fully saturated rings. The summed E-state index contributed by atoms with van der Waals surface area (Å²) in [6.45, 7) is 4.70. The van der Waals surface area contributed by atoms with Crippen LogP contribution in [0.1, 0.15) is 53.2 Å². The minimum atomic E-state index is -0.0341. The Balaban J connectivity index is 1.37. The lowest BCUT2D eigenvalue weighted by Gasteiger charge is -2.31. The molecular weight excluding hydrogens is 366 g/mol. The average molecular weight is 400 g/mol. The van der Waals surface area contributed by atoms with Gasteiger partial charge in [0.05, 0.1) is 12.8 Å². The minimum Gasteiger partial charge on any atom is -0.468 e. The van der Waals surface area contributed by atoms with Gasteiger partial charge in [-0.05, 0) is 64.4 Å². The third-order valence-corrected chi connectivity index (χ3v) is 6.41. The van der Waals surface area contributed by atoms with Crippen LogP contribution in [0.15, 0.2) is 22.8 Å². The molecule has 1 saturated heterocycles. The molecule has 2 aliphatic rings. The Labute approximate surface area is 173 Å². The molecule has 1 amide bonds. The van der Waals surface area contributed by atoms with Crippen LogP contribution in [0.5, 0.6) is 0 Å². The van der Waals surface area contributed by atoms with E-state index in [2.05, 4.69) is 27.3 Å². The van der Waals surface area contributed by atoms with Crippen LogP contribution in [0.2, 0.25) is 0 Å². The van der Waals surface area contributed by atoms with Gasteiger partial charge in [0.2, 0.25) is 0 Å². The summed E-state index contributed by atoms with van der Waals surface area (Å²) in [7, 11) is 4.09. The van der Waals surface area contributed by atoms with E-state index in [-0.39, 0.29) is 5.91 Å². The Hall–Kier alpha value is -2.12. The summed E-state index contributed by atoms with van der Waals surface area (Å²) in [5.74, 6) is 0.938. The van der Waals surface area contributed by atoms with Gasteiger partial charge in [0.15, 0.2) is 5.69 Å². The predicted octanol–water partition coefficient (Wildman–Crippen LogP) is 2.22. The SMILES string of the molecule is CN(Cc1ccco1)C1CCc2c(c(C(=O)NCCN3CCCCC3)nn2C)C1. The summed E-state index contributed by atoms with van der Waals surface area (Å²) in [5, 5.41) is 7.69. The highest BCUT2D eigenvalue weighted by molar-refractivity contribution is 5.94. The fraction of sp³-hybridized carbons (Fsp3) is 0.636. The van der Waals surface area contributed by atoms with Crippen molar-refractivity contribution in [1.82, 2.24) is 24.9 Å². The first kappa shape index (κ1) is 20.2. The third kappa shape index (κ3) is 4.73. The number of carbonyl (C=O) groups is 1. The number of likely N-dealkylation sites (N-methyl/N-ethyl adjacent to an activating group) is 1. The maximum atomic E-state index is 12.9. The largest absolute Gasteiger partial charge is 0.468 e. The highest BCUT2D eigenvalue weighted by Gasteiger charge is 2.30. The molecule has 0 spiro atoms. The van der Waals surface area contributed by atoms with Crippen molar-refractivity contribution in [3.63, 3.8) is 0 Å². The van der Waals surface area contributed by atoms with Crippen LogP contribution in [-0.2, 0) is 26.4 Å². The fourth-order valence-corrected chi connectivity index (χ4v) is 4.70. The number of hydrogen-bond donors (Lipinski definition) is 1. The number of furan rings is 1. The van der Waals surface area contributed by atoms with Crippen molar-refractivity contribution in [2.24, 2.45) is 7.05 Å². The smallest absolute Gasteiger partial charge is 0.272 e. The van der Waals surface area contributed by atoms with E-state index in [4.69, 9.17) is 4.42 Å². The normalized spacial score (nSPS) is 20.0. The van der Waals surface area contributed by atoms with Crippen LogP contribution in [0.4, 0.5) is 0 Å². The molecule has 0 bridgehead atoms. The molecule has 29 heavy (non-hydrogen) atoms. The molecule has 7 nitrogen and oxygen atoms in total. The van der Waals surface area contributed by atoms with Gasteiger partial charge in [-0.3, -0.25) is 14.4 Å². The van der Waals surface area contributed by atoms with Gasteiger partial charge in [0, 0.05) is 37.4 Å². The summed E-state index contributed by atoms with van der Waals surface area (Å²) >= 11 is 0. The Kier molecular flexibility index (Phi) is 6.35. The Morgan fingerprint density at radius 3 is 2.93 bits per heavy atom. The highest BCUT2D eigenvalue weighted by atomic mass is 16.3. The van der Waals surface area contributed by atoms with Crippen molar-refractivity contribution >= 4 is 5.91 Å². The Bertz CT molecular complexity index is 808. The topological polar surface area (TPSA) is 66.5 Å². The van der Waals surface area contributed by atoms with Gasteiger partial charge in [-0.1, -0.05) is 6.42 Å². The Morgan fingerprint density at radius 2 is 2.17 bits per heavy atom. The van der Waals surface area contributed by atoms with Crippen molar-refractivity contribution in [1.29, 1.82) is 0 Å². The maximum Gasteiger partial charge on any atom is 0.272 e. The summed E-state index contributed by atoms with van der Waals surface area (Å²) < 4.78 is 7.40. The zero-order valence-electron chi connectivity index (χ0n) is 17.7. The van der Waals surface area contributed by atoms with Crippen LogP contribution in [0.25, 0.3) is 0 Å². The quantitative estimate of drug-likeness (QED) is 0.773. The maximum absolute atomic E-state index is 12.9. The number of nitrogens with one attached hydrogen (secondary N) is 1. The van der Waals surface area contributed by atoms with E-state index in [1.165, 1.54) is 25.0 Å². The lowest BCUT2D eigenvalue weighted by Crippen LogP contribution is -2.39. The van der Waals surface area contributed by atoms with Crippen molar-refractivity contribution < 1.29 is 9.21 Å². The van der Waals surface area contributed by atoms with Gasteiger partial charge < -0.3 is 14.6 Å². The molecule has 1 aliphatic carbocycles. The minimum absolute atomic E-state index is 0.0341. The molecule has 3 heterocycles. The van der Waals surface area contributed by atoms with Crippen molar-refractivity contribution in [3.05, 3.63) is 41.1 Å². The molecule has 0 aromatic carbocycles. The number of carbonyl (C=O) groups excluding carboxylic acids is 1. The van der Waals surface area contributed by atoms with E-state index in [0.717, 1.165) is 56.8 Å². The molecular formula is C22H33N5O2. The van der Waals surface area contributed by atoms with Crippen LogP contribution >= 0.6 is 0 Å². The summed E-state index contributed by atoms with van der Waals surface area (Å²) in [4.78, 5) is 17.6. The molecule has 1 unspecified atom stereocenters. The first-order chi connectivity index (χ1) is 14.1. The van der Waals surface area contributed by atoms with E-state index in [1.54, 1.807) is 6.26 Å². The van der Waals surface area contributed by atoms with E-state index in [0.29, 0.717) is 18.3 Å². The summed E-state index contributed by atoms with van der Waals surface area (Å²) in [6.07, 6.45) is 8.47. The van der Waals surface area contributed by atoms with Crippen molar-refractivity contribution in [3.8, 4) is 0 Å². The summed E-state index contributed by atoms with van der Waals surface area (Å²) in [6, 6.07) is 4.32. The average Bonchev–Trinajstić information content (AvgIpc) is 3.36. The molecule has 2 aromatic heterocycles. The number of aromatic nitrogens is 2. The monoisotopic (exact) mass is 399 g/mol. The molecule has 1 aliphatic heterocycles. The number of rotatable bonds is 7. The predicted molar refractivity (Wildman–Crippen MR) is 112 cm³/mol. The number of amides is 1. The van der Waals surface area contributed by atoms with Crippen LogP contribution in [-0.4, -0.2) is 64.8 Å². The van der Waals surface area contributed by atoms with Crippen LogP contribution < -0.4 is 5.32 Å². The molecule has 1 N–H and O–H groups in total. The van der Waals surface area contributed by atoms with Crippen LogP contribution in [0.3, 0.4) is 0 Å². The van der Waals surface area contributed by atoms with Gasteiger partial charge in [0.25, 0.3) is 5.91 Å². The van der Waals surface area contributed by atoms with Crippen molar-refractivity contribution in [2.75, 3.05) is 33.2 Å². The lowest BCUT2D eigenvalue weighted by atomic mass is 9.90. The van der Waals surface area contributed by atoms with E-state index in [1.807, 2.05) is 23.9 Å². The number of likely N-dealkylation sites (tertiary alicyclic amines) is 1. The number of hydrogen-bond acceptors (Lipinski definition) is 5. The number of nitrogens with zero attached hydrogens (tertiary/aromatic N) is 4. The van der Waals surface area contributed by atoms with E-state index >= 15 is 0 Å². The second kappa shape index (κ2) is 9.13. The molecule has 7 heteroatoms. The Morgan fingerprint density at radius 1 is 1.34 bits per heavy atom. The van der Waals surface area contributed by atoms with Gasteiger partial charge in [0.1, 0.15) is 5.76 Å². The highest BCUT2D eigenvalue weighted by Crippen LogP contribution is 2.27. The molecule has 158 valence electrons.